The Balaban J connectivity index is 1.16. The van der Waals surface area contributed by atoms with Gasteiger partial charge in [-0.05, 0) is 37.1 Å². The van der Waals surface area contributed by atoms with Gasteiger partial charge in [0.15, 0.2) is 0 Å². The second kappa shape index (κ2) is 9.89. The Bertz CT molecular complexity index is 1250. The van der Waals surface area contributed by atoms with Crippen molar-refractivity contribution in [1.82, 2.24) is 20.3 Å². The number of aromatic nitrogens is 3. The highest BCUT2D eigenvalue weighted by molar-refractivity contribution is 7.16. The number of ether oxygens (including phenoxy) is 3. The Morgan fingerprint density at radius 2 is 2.00 bits per heavy atom. The topological polar surface area (TPSA) is 70.4 Å². The zero-order chi connectivity index (χ0) is 25.6. The third kappa shape index (κ3) is 5.14. The van der Waals surface area contributed by atoms with E-state index in [1.807, 2.05) is 37.4 Å². The molecule has 0 amide bonds. The van der Waals surface area contributed by atoms with Crippen molar-refractivity contribution >= 4 is 22.9 Å². The summed E-state index contributed by atoms with van der Waals surface area (Å²) < 4.78 is 48.7. The number of rotatable bonds is 5. The lowest BCUT2D eigenvalue weighted by atomic mass is 9.78. The first-order valence-electron chi connectivity index (χ1n) is 12.6. The van der Waals surface area contributed by atoms with Gasteiger partial charge >= 0.3 is 0 Å². The van der Waals surface area contributed by atoms with Crippen LogP contribution in [0.3, 0.4) is 0 Å². The van der Waals surface area contributed by atoms with Crippen LogP contribution in [0.2, 0.25) is 4.34 Å². The number of thiophene rings is 1. The lowest BCUT2D eigenvalue weighted by molar-refractivity contribution is -0.183. The summed E-state index contributed by atoms with van der Waals surface area (Å²) in [5.41, 5.74) is 1.01. The lowest BCUT2D eigenvalue weighted by Crippen LogP contribution is -2.51. The van der Waals surface area contributed by atoms with Crippen molar-refractivity contribution < 1.29 is 23.0 Å². The molecule has 198 valence electrons. The molecule has 3 atom stereocenters. The number of hydrogen-bond donors (Lipinski definition) is 1. The molecule has 1 aromatic carbocycles. The molecule has 7 nitrogen and oxygen atoms in total. The summed E-state index contributed by atoms with van der Waals surface area (Å²) in [7, 11) is 0. The maximum atomic E-state index is 14.6. The zero-order valence-electron chi connectivity index (χ0n) is 20.5. The Morgan fingerprint density at radius 3 is 2.78 bits per heavy atom. The van der Waals surface area contributed by atoms with Crippen LogP contribution in [0.5, 0.6) is 5.75 Å². The second-order valence-corrected chi connectivity index (χ2v) is 11.9. The second-order valence-electron chi connectivity index (χ2n) is 10.2. The Kier molecular flexibility index (Phi) is 6.73. The number of piperidine rings is 1. The number of fused-ring (bicyclic) bond motifs is 2. The largest absolute Gasteiger partial charge is 0.490 e. The molecule has 3 aliphatic heterocycles. The first-order valence-corrected chi connectivity index (χ1v) is 13.8. The summed E-state index contributed by atoms with van der Waals surface area (Å²) in [5.74, 6) is -2.19. The number of benzene rings is 1. The van der Waals surface area contributed by atoms with Gasteiger partial charge in [0.05, 0.1) is 42.0 Å². The summed E-state index contributed by atoms with van der Waals surface area (Å²) in [6, 6.07) is 9.27. The fourth-order valence-electron chi connectivity index (χ4n) is 5.60. The molecule has 0 bridgehead atoms. The van der Waals surface area contributed by atoms with Crippen LogP contribution in [0.4, 0.5) is 8.78 Å². The number of nitrogens with one attached hydrogen (secondary N) is 1. The highest BCUT2D eigenvalue weighted by Crippen LogP contribution is 2.54. The monoisotopic (exact) mass is 550 g/mol. The summed E-state index contributed by atoms with van der Waals surface area (Å²) in [4.78, 5) is 0.530. The molecule has 3 aromatic rings. The molecule has 2 fully saturated rings. The maximum Gasteiger partial charge on any atom is 0.297 e. The molecule has 5 heterocycles. The predicted molar refractivity (Wildman–Crippen MR) is 135 cm³/mol. The van der Waals surface area contributed by atoms with Crippen molar-refractivity contribution in [2.24, 2.45) is 0 Å². The van der Waals surface area contributed by atoms with E-state index in [0.717, 1.165) is 43.1 Å². The van der Waals surface area contributed by atoms with Gasteiger partial charge in [0.2, 0.25) is 0 Å². The van der Waals surface area contributed by atoms with Crippen LogP contribution in [0.15, 0.2) is 36.5 Å². The van der Waals surface area contributed by atoms with Crippen LogP contribution < -0.4 is 10.1 Å². The van der Waals surface area contributed by atoms with Gasteiger partial charge < -0.3 is 19.5 Å². The molecule has 0 unspecified atom stereocenters. The number of alkyl halides is 2. The van der Waals surface area contributed by atoms with E-state index in [1.54, 1.807) is 4.68 Å². The molecule has 37 heavy (non-hydrogen) atoms. The molecule has 11 heteroatoms. The van der Waals surface area contributed by atoms with Crippen LogP contribution in [0, 0.1) is 0 Å². The van der Waals surface area contributed by atoms with Crippen molar-refractivity contribution in [3.8, 4) is 5.75 Å². The Labute approximate surface area is 223 Å². The molecule has 1 spiro atoms. The van der Waals surface area contributed by atoms with E-state index in [9.17, 15) is 8.78 Å². The molecule has 0 radical (unpaired) electrons. The van der Waals surface area contributed by atoms with Crippen LogP contribution in [0.25, 0.3) is 0 Å². The van der Waals surface area contributed by atoms with Gasteiger partial charge in [0.1, 0.15) is 24.1 Å². The van der Waals surface area contributed by atoms with Crippen LogP contribution >= 0.6 is 22.9 Å². The third-order valence-electron chi connectivity index (χ3n) is 7.35. The van der Waals surface area contributed by atoms with Gasteiger partial charge in [-0.15, -0.1) is 16.4 Å². The lowest BCUT2D eigenvalue weighted by Gasteiger charge is -2.47. The first-order chi connectivity index (χ1) is 17.8. The third-order valence-corrected chi connectivity index (χ3v) is 8.80. The Morgan fingerprint density at radius 1 is 1.22 bits per heavy atom. The minimum atomic E-state index is -3.04. The minimum Gasteiger partial charge on any atom is -0.490 e. The highest BCUT2D eigenvalue weighted by Gasteiger charge is 2.53. The summed E-state index contributed by atoms with van der Waals surface area (Å²) in [6.07, 6.45) is 5.00. The van der Waals surface area contributed by atoms with Gasteiger partial charge in [-0.25, -0.2) is 4.68 Å². The fourth-order valence-corrected chi connectivity index (χ4v) is 7.04. The van der Waals surface area contributed by atoms with E-state index < -0.39 is 18.1 Å². The van der Waals surface area contributed by atoms with E-state index in [0.29, 0.717) is 28.6 Å². The van der Waals surface area contributed by atoms with Gasteiger partial charge in [-0.1, -0.05) is 28.9 Å². The van der Waals surface area contributed by atoms with Crippen molar-refractivity contribution in [3.05, 3.63) is 62.6 Å². The molecule has 6 rings (SSSR count). The standard InChI is InChI=1S/C26H29ClF2N4O3S/c1-16-11-25(24-20(10-23(27)37-24)26(28,29)15-35-25)12-21(30-16)22-14-33(32-31-22)13-17-2-4-18(5-3-17)36-19-6-8-34-9-7-19/h2-5,10,14,16,19,21,30H,6-9,11-13,15H2,1H3/t16-,21-,25-/m0/s1. The highest BCUT2D eigenvalue weighted by atomic mass is 35.5. The Hall–Kier alpha value is -2.11. The summed E-state index contributed by atoms with van der Waals surface area (Å²) in [6.45, 7) is 3.44. The number of halogens is 3. The van der Waals surface area contributed by atoms with Crippen LogP contribution in [0.1, 0.15) is 60.3 Å². The zero-order valence-corrected chi connectivity index (χ0v) is 22.0. The molecule has 1 N–H and O–H groups in total. The van der Waals surface area contributed by atoms with Gasteiger partial charge in [-0.2, -0.15) is 8.78 Å². The van der Waals surface area contributed by atoms with E-state index in [4.69, 9.17) is 25.8 Å². The normalized spacial score (nSPS) is 27.8. The number of nitrogens with zero attached hydrogens (tertiary/aromatic N) is 3. The smallest absolute Gasteiger partial charge is 0.297 e. The fraction of sp³-hybridized carbons (Fsp3) is 0.538. The van der Waals surface area contributed by atoms with Crippen molar-refractivity contribution in [2.75, 3.05) is 19.8 Å². The van der Waals surface area contributed by atoms with Gasteiger partial charge in [0, 0.05) is 35.7 Å². The number of hydrogen-bond acceptors (Lipinski definition) is 7. The average molecular weight is 551 g/mol. The molecule has 3 aliphatic rings. The molecule has 2 saturated heterocycles. The van der Waals surface area contributed by atoms with Gasteiger partial charge in [-0.3, -0.25) is 0 Å². The predicted octanol–water partition coefficient (Wildman–Crippen LogP) is 5.43. The minimum absolute atomic E-state index is 0.00509. The summed E-state index contributed by atoms with van der Waals surface area (Å²) in [5, 5.41) is 12.3. The van der Waals surface area contributed by atoms with E-state index in [-0.39, 0.29) is 23.8 Å². The van der Waals surface area contributed by atoms with Crippen molar-refractivity contribution in [2.45, 2.75) is 68.9 Å². The molecule has 0 aliphatic carbocycles. The quantitative estimate of drug-likeness (QED) is 0.457. The van der Waals surface area contributed by atoms with Crippen LogP contribution in [-0.4, -0.2) is 47.0 Å². The van der Waals surface area contributed by atoms with E-state index in [1.165, 1.54) is 17.4 Å². The SMILES string of the molecule is C[C@H]1C[C@@]2(C[C@@H](c3cn(Cc4ccc(OC5CCOCC5)cc4)nn3)N1)OCC(F)(F)c1cc(Cl)sc12. The summed E-state index contributed by atoms with van der Waals surface area (Å²) >= 11 is 7.38. The molecule has 0 saturated carbocycles. The van der Waals surface area contributed by atoms with Crippen LogP contribution in [-0.2, 0) is 27.5 Å². The molecule has 2 aromatic heterocycles. The van der Waals surface area contributed by atoms with E-state index in [2.05, 4.69) is 15.6 Å². The van der Waals surface area contributed by atoms with Crippen molar-refractivity contribution in [3.63, 3.8) is 0 Å². The van der Waals surface area contributed by atoms with Gasteiger partial charge in [0.25, 0.3) is 5.92 Å². The average Bonchev–Trinajstić information content (AvgIpc) is 3.52. The maximum absolute atomic E-state index is 14.6. The first kappa shape index (κ1) is 25.2. The van der Waals surface area contributed by atoms with E-state index >= 15 is 0 Å². The molecular weight excluding hydrogens is 522 g/mol. The van der Waals surface area contributed by atoms with Crippen molar-refractivity contribution in [1.29, 1.82) is 0 Å². The molecular formula is C26H29ClF2N4O3S.